The number of hydrogen-bond acceptors (Lipinski definition) is 3. The van der Waals surface area contributed by atoms with Crippen molar-refractivity contribution in [2.24, 2.45) is 0 Å². The van der Waals surface area contributed by atoms with Crippen LogP contribution in [0.2, 0.25) is 0 Å². The summed E-state index contributed by atoms with van der Waals surface area (Å²) in [4.78, 5) is 10.0. The largest absolute Gasteiger partial charge is 0.310 e. The third-order valence-electron chi connectivity index (χ3n) is 11.1. The fourth-order valence-electron chi connectivity index (χ4n) is 8.76. The topological polar surface area (TPSA) is 19.4 Å². The molecule has 248 valence electrons. The van der Waals surface area contributed by atoms with Crippen molar-refractivity contribution in [3.8, 4) is 22.4 Å². The van der Waals surface area contributed by atoms with Crippen LogP contribution in [0.3, 0.4) is 0 Å². The van der Waals surface area contributed by atoms with Crippen molar-refractivity contribution >= 4 is 34.1 Å². The zero-order valence-corrected chi connectivity index (χ0v) is 29.9. The lowest BCUT2D eigenvalue weighted by Gasteiger charge is -2.32. The first-order valence-electron chi connectivity index (χ1n) is 17.9. The van der Waals surface area contributed by atoms with E-state index in [-0.39, 0.29) is 10.8 Å². The minimum atomic E-state index is -0.259. The Morgan fingerprint density at radius 1 is 0.431 bits per heavy atom. The molecule has 2 aliphatic carbocycles. The van der Waals surface area contributed by atoms with Gasteiger partial charge in [0.25, 0.3) is 0 Å². The van der Waals surface area contributed by atoms with E-state index in [2.05, 4.69) is 202 Å². The summed E-state index contributed by atoms with van der Waals surface area (Å²) in [6, 6.07) is 54.5. The van der Waals surface area contributed by atoms with E-state index >= 15 is 0 Å². The highest BCUT2D eigenvalue weighted by molar-refractivity contribution is 5.93. The van der Waals surface area contributed by atoms with Crippen LogP contribution in [0.15, 0.2) is 158 Å². The summed E-state index contributed by atoms with van der Waals surface area (Å²) in [7, 11) is 0. The van der Waals surface area contributed by atoms with E-state index < -0.39 is 0 Å². The van der Waals surface area contributed by atoms with Crippen LogP contribution in [-0.4, -0.2) is 4.98 Å². The molecule has 9 rings (SSSR count). The zero-order valence-electron chi connectivity index (χ0n) is 29.9. The van der Waals surface area contributed by atoms with Crippen molar-refractivity contribution in [3.63, 3.8) is 0 Å². The molecule has 2 aliphatic rings. The van der Waals surface area contributed by atoms with Gasteiger partial charge in [0.2, 0.25) is 0 Å². The molecule has 0 unspecified atom stereocenters. The Labute approximate surface area is 301 Å². The molecule has 6 aromatic carbocycles. The molecule has 0 N–H and O–H groups in total. The molecule has 3 heteroatoms. The highest BCUT2D eigenvalue weighted by atomic mass is 15.1. The first-order valence-corrected chi connectivity index (χ1v) is 17.9. The third-order valence-corrected chi connectivity index (χ3v) is 11.1. The summed E-state index contributed by atoms with van der Waals surface area (Å²) in [6.45, 7) is 11.9. The molecular formula is C48H41N3. The molecule has 3 nitrogen and oxygen atoms in total. The average molecular weight is 660 g/mol. The molecule has 0 saturated carbocycles. The zero-order chi connectivity index (χ0) is 34.9. The standard InChI is InChI=1S/C48H41N3/c1-32-28-38(51(35-22-14-8-15-23-35)36-24-16-9-17-25-36)30-42-43(32)46-45(48(42,4)5)44-40(31-49-46)39-27-26-37(29-41(39)47(44,2)3)50(33-18-10-6-11-19-33)34-20-12-7-13-21-34/h6-31H,1-5H3. The maximum absolute atomic E-state index is 5.31. The molecule has 1 heterocycles. The number of benzene rings is 6. The lowest BCUT2D eigenvalue weighted by Crippen LogP contribution is -2.24. The Kier molecular flexibility index (Phi) is 7.05. The van der Waals surface area contributed by atoms with Crippen LogP contribution in [0.1, 0.15) is 55.5 Å². The van der Waals surface area contributed by atoms with Crippen LogP contribution in [0.25, 0.3) is 22.4 Å². The molecule has 0 atom stereocenters. The molecule has 0 radical (unpaired) electrons. The van der Waals surface area contributed by atoms with Crippen LogP contribution in [0.5, 0.6) is 0 Å². The lowest BCUT2D eigenvalue weighted by molar-refractivity contribution is 0.599. The van der Waals surface area contributed by atoms with Gasteiger partial charge in [-0.3, -0.25) is 4.98 Å². The second-order valence-corrected chi connectivity index (χ2v) is 14.9. The van der Waals surface area contributed by atoms with E-state index in [1.165, 1.54) is 44.5 Å². The number of nitrogens with zero attached hydrogens (tertiary/aromatic N) is 3. The molecule has 0 aliphatic heterocycles. The number of hydrogen-bond donors (Lipinski definition) is 0. The van der Waals surface area contributed by atoms with E-state index in [4.69, 9.17) is 4.98 Å². The van der Waals surface area contributed by atoms with Crippen LogP contribution < -0.4 is 9.80 Å². The van der Waals surface area contributed by atoms with Crippen molar-refractivity contribution < 1.29 is 0 Å². The first-order chi connectivity index (χ1) is 24.7. The number of aromatic nitrogens is 1. The normalized spacial score (nSPS) is 14.3. The van der Waals surface area contributed by atoms with Crippen LogP contribution >= 0.6 is 0 Å². The minimum Gasteiger partial charge on any atom is -0.310 e. The molecule has 0 fully saturated rings. The van der Waals surface area contributed by atoms with Gasteiger partial charge in [0.15, 0.2) is 0 Å². The Morgan fingerprint density at radius 2 is 0.882 bits per heavy atom. The van der Waals surface area contributed by atoms with Crippen LogP contribution in [0.4, 0.5) is 34.1 Å². The van der Waals surface area contributed by atoms with E-state index in [0.717, 1.165) is 39.8 Å². The Bertz CT molecular complexity index is 2330. The highest BCUT2D eigenvalue weighted by Gasteiger charge is 2.47. The maximum Gasteiger partial charge on any atom is 0.0752 e. The van der Waals surface area contributed by atoms with Gasteiger partial charge < -0.3 is 9.80 Å². The molecule has 0 saturated heterocycles. The summed E-state index contributed by atoms with van der Waals surface area (Å²) >= 11 is 0. The van der Waals surface area contributed by atoms with Crippen molar-refractivity contribution in [2.75, 3.05) is 9.80 Å². The maximum atomic E-state index is 5.31. The first kappa shape index (κ1) is 31.1. The van der Waals surface area contributed by atoms with E-state index in [9.17, 15) is 0 Å². The van der Waals surface area contributed by atoms with Crippen LogP contribution in [0, 0.1) is 6.92 Å². The van der Waals surface area contributed by atoms with Gasteiger partial charge in [0.1, 0.15) is 0 Å². The lowest BCUT2D eigenvalue weighted by atomic mass is 9.73. The van der Waals surface area contributed by atoms with Crippen molar-refractivity contribution in [3.05, 3.63) is 186 Å². The van der Waals surface area contributed by atoms with Gasteiger partial charge in [-0.2, -0.15) is 0 Å². The fraction of sp³-hybridized carbons (Fsp3) is 0.146. The summed E-state index contributed by atoms with van der Waals surface area (Å²) in [5.41, 5.74) is 18.0. The molecule has 0 bridgehead atoms. The van der Waals surface area contributed by atoms with E-state index in [1.54, 1.807) is 0 Å². The quantitative estimate of drug-likeness (QED) is 0.177. The molecule has 0 amide bonds. The summed E-state index contributed by atoms with van der Waals surface area (Å²) < 4.78 is 0. The van der Waals surface area contributed by atoms with Gasteiger partial charge in [-0.1, -0.05) is 107 Å². The molecule has 1 aromatic heterocycles. The average Bonchev–Trinajstić information content (AvgIpc) is 3.53. The summed E-state index contributed by atoms with van der Waals surface area (Å²) in [5, 5.41) is 0. The van der Waals surface area contributed by atoms with Gasteiger partial charge >= 0.3 is 0 Å². The molecule has 0 spiro atoms. The smallest absolute Gasteiger partial charge is 0.0752 e. The van der Waals surface area contributed by atoms with Crippen molar-refractivity contribution in [2.45, 2.75) is 45.4 Å². The molecule has 7 aromatic rings. The number of rotatable bonds is 6. The summed E-state index contributed by atoms with van der Waals surface area (Å²) in [5.74, 6) is 0. The SMILES string of the molecule is Cc1cc(N(c2ccccc2)c2ccccc2)cc2c1-c1ncc3c(c1C2(C)C)C(C)(C)c1cc(N(c2ccccc2)c2ccccc2)ccc1-3. The number of fused-ring (bicyclic) bond motifs is 7. The molecular weight excluding hydrogens is 619 g/mol. The number of aryl methyl sites for hydroxylation is 1. The minimum absolute atomic E-state index is 0.233. The van der Waals surface area contributed by atoms with E-state index in [1.807, 2.05) is 0 Å². The number of pyridine rings is 1. The van der Waals surface area contributed by atoms with Crippen molar-refractivity contribution in [1.29, 1.82) is 0 Å². The van der Waals surface area contributed by atoms with Gasteiger partial charge in [0, 0.05) is 62.3 Å². The predicted octanol–water partition coefficient (Wildman–Crippen LogP) is 12.9. The Morgan fingerprint density at radius 3 is 1.39 bits per heavy atom. The highest BCUT2D eigenvalue weighted by Crippen LogP contribution is 2.60. The van der Waals surface area contributed by atoms with E-state index in [0.29, 0.717) is 0 Å². The van der Waals surface area contributed by atoms with Crippen LogP contribution in [-0.2, 0) is 10.8 Å². The Hall–Kier alpha value is -5.93. The van der Waals surface area contributed by atoms with Gasteiger partial charge in [-0.15, -0.1) is 0 Å². The number of para-hydroxylation sites is 4. The third kappa shape index (κ3) is 4.76. The van der Waals surface area contributed by atoms with Gasteiger partial charge in [0.05, 0.1) is 5.69 Å². The van der Waals surface area contributed by atoms with Gasteiger partial charge in [-0.05, 0) is 113 Å². The van der Waals surface area contributed by atoms with Gasteiger partial charge in [-0.25, -0.2) is 0 Å². The predicted molar refractivity (Wildman–Crippen MR) is 213 cm³/mol. The number of anilines is 6. The fourth-order valence-corrected chi connectivity index (χ4v) is 8.76. The van der Waals surface area contributed by atoms with Crippen molar-refractivity contribution in [1.82, 2.24) is 4.98 Å². The second-order valence-electron chi connectivity index (χ2n) is 14.9. The Balaban J connectivity index is 1.19. The second kappa shape index (κ2) is 11.6. The monoisotopic (exact) mass is 659 g/mol. The summed E-state index contributed by atoms with van der Waals surface area (Å²) in [6.07, 6.45) is 2.15. The molecule has 51 heavy (non-hydrogen) atoms.